The van der Waals surface area contributed by atoms with Crippen LogP contribution < -0.4 is 5.32 Å². The molecule has 24 heavy (non-hydrogen) atoms. The average Bonchev–Trinajstić information content (AvgIpc) is 3.02. The zero-order valence-corrected chi connectivity index (χ0v) is 11.8. The van der Waals surface area contributed by atoms with Gasteiger partial charge in [0.25, 0.3) is 5.91 Å². The lowest BCUT2D eigenvalue weighted by molar-refractivity contribution is -0.143. The van der Waals surface area contributed by atoms with Gasteiger partial charge in [0.1, 0.15) is 0 Å². The lowest BCUT2D eigenvalue weighted by atomic mass is 10.2. The minimum absolute atomic E-state index is 0.158. The van der Waals surface area contributed by atoms with Crippen molar-refractivity contribution in [2.75, 3.05) is 5.32 Å². The summed E-state index contributed by atoms with van der Waals surface area (Å²) in [7, 11) is 0. The Morgan fingerprint density at radius 1 is 1.08 bits per heavy atom. The smallest absolute Gasteiger partial charge is 0.320 e. The molecule has 0 fully saturated rings. The summed E-state index contributed by atoms with van der Waals surface area (Å²) in [5.41, 5.74) is -1.69. The van der Waals surface area contributed by atoms with Crippen LogP contribution in [0.1, 0.15) is 16.1 Å². The summed E-state index contributed by atoms with van der Waals surface area (Å²) in [4.78, 5) is 19.6. The molecule has 0 aliphatic rings. The molecule has 8 nitrogen and oxygen atoms in total. The van der Waals surface area contributed by atoms with Crippen molar-refractivity contribution in [1.82, 2.24) is 29.9 Å². The fraction of sp³-hybridized carbons (Fsp3) is 0.0769. The fourth-order valence-electron chi connectivity index (χ4n) is 1.92. The van der Waals surface area contributed by atoms with E-state index in [1.165, 1.54) is 30.9 Å². The van der Waals surface area contributed by atoms with Crippen LogP contribution in [0.25, 0.3) is 5.82 Å². The van der Waals surface area contributed by atoms with Gasteiger partial charge in [0.15, 0.2) is 11.5 Å². The van der Waals surface area contributed by atoms with Crippen molar-refractivity contribution in [3.63, 3.8) is 0 Å². The first-order valence-corrected chi connectivity index (χ1v) is 6.46. The largest absolute Gasteiger partial charge is 0.434 e. The summed E-state index contributed by atoms with van der Waals surface area (Å²) in [6, 6.07) is 1.39. The van der Waals surface area contributed by atoms with Gasteiger partial charge in [-0.15, -0.1) is 0 Å². The highest BCUT2D eigenvalue weighted by Crippen LogP contribution is 2.33. The first-order chi connectivity index (χ1) is 11.5. The molecule has 3 aromatic heterocycles. The molecule has 0 aromatic carbocycles. The van der Waals surface area contributed by atoms with Gasteiger partial charge in [-0.1, -0.05) is 0 Å². The van der Waals surface area contributed by atoms with E-state index in [9.17, 15) is 18.0 Å². The second-order valence-electron chi connectivity index (χ2n) is 4.47. The van der Waals surface area contributed by atoms with Crippen molar-refractivity contribution in [3.8, 4) is 5.82 Å². The molecule has 0 aliphatic heterocycles. The van der Waals surface area contributed by atoms with Crippen LogP contribution in [0, 0.1) is 0 Å². The van der Waals surface area contributed by atoms with Gasteiger partial charge in [0.05, 0.1) is 36.0 Å². The molecule has 0 aliphatic carbocycles. The molecule has 0 saturated carbocycles. The third-order valence-electron chi connectivity index (χ3n) is 2.89. The second kappa shape index (κ2) is 6.02. The van der Waals surface area contributed by atoms with Crippen LogP contribution in [0.2, 0.25) is 0 Å². The van der Waals surface area contributed by atoms with Crippen LogP contribution in [0.3, 0.4) is 0 Å². The maximum absolute atomic E-state index is 13.4. The van der Waals surface area contributed by atoms with E-state index in [2.05, 4.69) is 30.6 Å². The van der Waals surface area contributed by atoms with E-state index in [0.29, 0.717) is 4.68 Å². The van der Waals surface area contributed by atoms with E-state index in [0.717, 1.165) is 12.4 Å². The van der Waals surface area contributed by atoms with Gasteiger partial charge < -0.3 is 5.32 Å². The van der Waals surface area contributed by atoms with Gasteiger partial charge in [-0.2, -0.15) is 28.5 Å². The third kappa shape index (κ3) is 3.04. The number of amides is 1. The predicted molar refractivity (Wildman–Crippen MR) is 74.1 cm³/mol. The van der Waals surface area contributed by atoms with Gasteiger partial charge in [-0.05, 0) is 6.07 Å². The number of hydrogen-bond donors (Lipinski definition) is 1. The molecule has 0 atom stereocenters. The number of halogens is 3. The average molecular weight is 335 g/mol. The molecule has 0 saturated heterocycles. The molecule has 0 bridgehead atoms. The summed E-state index contributed by atoms with van der Waals surface area (Å²) in [6.07, 6.45) is 2.14. The van der Waals surface area contributed by atoms with Crippen molar-refractivity contribution in [1.29, 1.82) is 0 Å². The topological polar surface area (TPSA) is 98.5 Å². The summed E-state index contributed by atoms with van der Waals surface area (Å²) >= 11 is 0. The van der Waals surface area contributed by atoms with E-state index >= 15 is 0 Å². The van der Waals surface area contributed by atoms with Crippen LogP contribution in [-0.2, 0) is 6.18 Å². The highest BCUT2D eigenvalue weighted by atomic mass is 19.4. The highest BCUT2D eigenvalue weighted by molar-refractivity contribution is 6.05. The first-order valence-electron chi connectivity index (χ1n) is 6.46. The van der Waals surface area contributed by atoms with Crippen molar-refractivity contribution >= 4 is 11.6 Å². The maximum atomic E-state index is 13.4. The van der Waals surface area contributed by atoms with E-state index in [-0.39, 0.29) is 11.5 Å². The van der Waals surface area contributed by atoms with Crippen molar-refractivity contribution in [3.05, 3.63) is 54.5 Å². The fourth-order valence-corrected chi connectivity index (χ4v) is 1.92. The van der Waals surface area contributed by atoms with Crippen LogP contribution >= 0.6 is 0 Å². The number of carbonyl (C=O) groups excluding carboxylic acids is 1. The lowest BCUT2D eigenvalue weighted by Crippen LogP contribution is -2.21. The number of carbonyl (C=O) groups is 1. The molecule has 0 spiro atoms. The summed E-state index contributed by atoms with van der Waals surface area (Å²) in [6.45, 7) is 0. The number of alkyl halides is 3. The number of nitrogens with one attached hydrogen (secondary N) is 1. The van der Waals surface area contributed by atoms with Crippen molar-refractivity contribution in [2.45, 2.75) is 6.18 Å². The van der Waals surface area contributed by atoms with Crippen molar-refractivity contribution in [2.24, 2.45) is 0 Å². The Morgan fingerprint density at radius 3 is 2.54 bits per heavy atom. The Bertz CT molecular complexity index is 849. The van der Waals surface area contributed by atoms with Gasteiger partial charge in [-0.3, -0.25) is 9.78 Å². The Balaban J connectivity index is 2.03. The molecule has 3 aromatic rings. The van der Waals surface area contributed by atoms with E-state index in [1.807, 2.05) is 0 Å². The number of nitrogens with zero attached hydrogens (tertiary/aromatic N) is 6. The predicted octanol–water partition coefficient (Wildman–Crippen LogP) is 1.72. The Morgan fingerprint density at radius 2 is 1.92 bits per heavy atom. The zero-order chi connectivity index (χ0) is 17.2. The normalized spacial score (nSPS) is 11.3. The summed E-state index contributed by atoms with van der Waals surface area (Å²) in [5.74, 6) is -1.14. The zero-order valence-electron chi connectivity index (χ0n) is 11.8. The van der Waals surface area contributed by atoms with Gasteiger partial charge in [0, 0.05) is 12.4 Å². The van der Waals surface area contributed by atoms with E-state index in [4.69, 9.17) is 0 Å². The van der Waals surface area contributed by atoms with Crippen molar-refractivity contribution < 1.29 is 18.0 Å². The van der Waals surface area contributed by atoms with Gasteiger partial charge >= 0.3 is 6.18 Å². The molecule has 0 unspecified atom stereocenters. The standard InChI is InChI=1S/C13H8F3N7O/c14-13(15,16)11-9(12(24)22-8-1-2-19-20-5-8)6-21-23(11)10-7-17-3-4-18-10/h1-7H,(H,19,22,24). The molecule has 11 heteroatoms. The molecule has 122 valence electrons. The molecule has 1 amide bonds. The van der Waals surface area contributed by atoms with Crippen LogP contribution in [0.5, 0.6) is 0 Å². The highest BCUT2D eigenvalue weighted by Gasteiger charge is 2.41. The SMILES string of the molecule is O=C(Nc1ccnnc1)c1cnn(-c2cnccn2)c1C(F)(F)F. The Hall–Kier alpha value is -3.37. The summed E-state index contributed by atoms with van der Waals surface area (Å²) in [5, 5.41) is 13.0. The Labute approximate surface area is 132 Å². The molecular formula is C13H8F3N7O. The second-order valence-corrected chi connectivity index (χ2v) is 4.47. The van der Waals surface area contributed by atoms with Crippen LogP contribution in [-0.4, -0.2) is 35.9 Å². The van der Waals surface area contributed by atoms with E-state index in [1.54, 1.807) is 0 Å². The van der Waals surface area contributed by atoms with Gasteiger partial charge in [-0.25, -0.2) is 9.67 Å². The monoisotopic (exact) mass is 335 g/mol. The van der Waals surface area contributed by atoms with Crippen LogP contribution in [0.15, 0.2) is 43.2 Å². The first kappa shape index (κ1) is 15.5. The Kier molecular flexibility index (Phi) is 3.90. The number of aromatic nitrogens is 6. The summed E-state index contributed by atoms with van der Waals surface area (Å²) < 4.78 is 40.8. The maximum Gasteiger partial charge on any atom is 0.434 e. The lowest BCUT2D eigenvalue weighted by Gasteiger charge is -2.11. The molecule has 1 N–H and O–H groups in total. The third-order valence-corrected chi connectivity index (χ3v) is 2.89. The quantitative estimate of drug-likeness (QED) is 0.782. The molecule has 3 rings (SSSR count). The molecule has 3 heterocycles. The number of hydrogen-bond acceptors (Lipinski definition) is 6. The number of rotatable bonds is 3. The minimum atomic E-state index is -4.82. The minimum Gasteiger partial charge on any atom is -0.320 e. The molecule has 0 radical (unpaired) electrons. The van der Waals surface area contributed by atoms with E-state index < -0.39 is 23.3 Å². The van der Waals surface area contributed by atoms with Gasteiger partial charge in [0.2, 0.25) is 0 Å². The number of anilines is 1. The van der Waals surface area contributed by atoms with Crippen LogP contribution in [0.4, 0.5) is 18.9 Å². The molecular weight excluding hydrogens is 327 g/mol.